The summed E-state index contributed by atoms with van der Waals surface area (Å²) in [4.78, 5) is 26.4. The van der Waals surface area contributed by atoms with E-state index in [1.165, 1.54) is 0 Å². The second kappa shape index (κ2) is 7.86. The molecule has 3 unspecified atom stereocenters. The van der Waals surface area contributed by atoms with Gasteiger partial charge in [-0.15, -0.1) is 0 Å². The molecule has 3 N–H and O–H groups in total. The number of rotatable bonds is 2. The number of hydrogen-bond acceptors (Lipinski definition) is 5. The molecule has 8 atom stereocenters. The maximum atomic E-state index is 12.6. The van der Waals surface area contributed by atoms with Crippen LogP contribution in [0, 0.1) is 34.5 Å². The lowest BCUT2D eigenvalue weighted by Gasteiger charge is -2.64. The quantitative estimate of drug-likeness (QED) is 0.669. The molecule has 5 fully saturated rings. The minimum absolute atomic E-state index is 0.00327. The predicted octanol–water partition coefficient (Wildman–Crippen LogP) is 3.65. The lowest BCUT2D eigenvalue weighted by atomic mass is 9.42. The van der Waals surface area contributed by atoms with Gasteiger partial charge in [-0.1, -0.05) is 13.8 Å². The van der Waals surface area contributed by atoms with Crippen LogP contribution >= 0.6 is 0 Å². The minimum atomic E-state index is -0.666. The molecular weight excluding hydrogens is 408 g/mol. The molecule has 0 aromatic rings. The van der Waals surface area contributed by atoms with Gasteiger partial charge in [-0.2, -0.15) is 0 Å². The molecule has 4 saturated carbocycles. The second-order valence-electron chi connectivity index (χ2n) is 11.8. The Hall–Kier alpha value is -1.34. The SMILES string of the molecule is C[C@]12CCC(OC(=O)N3CCOCC3)CC1CC[C@@H]1[C@H]2CC[C@]2(C)C(C(=O)O)CC[C@@]12N. The van der Waals surface area contributed by atoms with Crippen LogP contribution in [-0.4, -0.2) is 60.0 Å². The molecule has 1 heterocycles. The van der Waals surface area contributed by atoms with Crippen molar-refractivity contribution < 1.29 is 24.2 Å². The van der Waals surface area contributed by atoms with E-state index in [1.54, 1.807) is 4.90 Å². The Bertz CT molecular complexity index is 769. The van der Waals surface area contributed by atoms with E-state index in [4.69, 9.17) is 15.2 Å². The first-order valence-electron chi connectivity index (χ1n) is 12.7. The van der Waals surface area contributed by atoms with Crippen molar-refractivity contribution >= 4 is 12.1 Å². The van der Waals surface area contributed by atoms with Crippen LogP contribution in [0.1, 0.15) is 71.6 Å². The largest absolute Gasteiger partial charge is 0.481 e. The number of amides is 1. The summed E-state index contributed by atoms with van der Waals surface area (Å²) in [6.45, 7) is 7.02. The van der Waals surface area contributed by atoms with Gasteiger partial charge in [0.1, 0.15) is 6.10 Å². The number of carboxylic acids is 1. The zero-order valence-corrected chi connectivity index (χ0v) is 19.7. The maximum Gasteiger partial charge on any atom is 0.410 e. The van der Waals surface area contributed by atoms with Crippen LogP contribution < -0.4 is 5.73 Å². The zero-order valence-electron chi connectivity index (χ0n) is 19.7. The van der Waals surface area contributed by atoms with Gasteiger partial charge in [0.2, 0.25) is 0 Å². The third-order valence-corrected chi connectivity index (χ3v) is 10.8. The van der Waals surface area contributed by atoms with Gasteiger partial charge >= 0.3 is 12.1 Å². The Balaban J connectivity index is 1.29. The summed E-state index contributed by atoms with van der Waals surface area (Å²) >= 11 is 0. The number of fused-ring (bicyclic) bond motifs is 5. The average molecular weight is 449 g/mol. The van der Waals surface area contributed by atoms with E-state index in [-0.39, 0.29) is 34.5 Å². The third kappa shape index (κ3) is 3.21. The van der Waals surface area contributed by atoms with Crippen molar-refractivity contribution in [1.82, 2.24) is 4.90 Å². The molecular formula is C25H40N2O5. The summed E-state index contributed by atoms with van der Waals surface area (Å²) in [6, 6.07) is 0. The fourth-order valence-electron chi connectivity index (χ4n) is 8.75. The van der Waals surface area contributed by atoms with Gasteiger partial charge in [0, 0.05) is 18.6 Å². The maximum absolute atomic E-state index is 12.6. The van der Waals surface area contributed by atoms with Crippen molar-refractivity contribution in [3.8, 4) is 0 Å². The predicted molar refractivity (Wildman–Crippen MR) is 119 cm³/mol. The number of carbonyl (C=O) groups is 2. The Kier molecular flexibility index (Phi) is 5.52. The summed E-state index contributed by atoms with van der Waals surface area (Å²) in [6.07, 6.45) is 8.47. The Morgan fingerprint density at radius 1 is 1.00 bits per heavy atom. The number of nitrogens with zero attached hydrogens (tertiary/aromatic N) is 1. The molecule has 5 rings (SSSR count). The number of carbonyl (C=O) groups excluding carboxylic acids is 1. The number of carboxylic acid groups (broad SMARTS) is 1. The van der Waals surface area contributed by atoms with Crippen molar-refractivity contribution in [1.29, 1.82) is 0 Å². The number of nitrogens with two attached hydrogens (primary N) is 1. The molecule has 4 aliphatic carbocycles. The highest BCUT2D eigenvalue weighted by Gasteiger charge is 2.67. The van der Waals surface area contributed by atoms with Crippen molar-refractivity contribution in [2.24, 2.45) is 40.2 Å². The first-order chi connectivity index (χ1) is 15.2. The van der Waals surface area contributed by atoms with Gasteiger partial charge in [-0.05, 0) is 86.4 Å². The lowest BCUT2D eigenvalue weighted by Crippen LogP contribution is -2.66. The van der Waals surface area contributed by atoms with Gasteiger partial charge in [0.25, 0.3) is 0 Å². The van der Waals surface area contributed by atoms with E-state index >= 15 is 0 Å². The van der Waals surface area contributed by atoms with Crippen molar-refractivity contribution in [2.45, 2.75) is 83.3 Å². The number of hydrogen-bond donors (Lipinski definition) is 2. The van der Waals surface area contributed by atoms with Crippen LogP contribution in [0.5, 0.6) is 0 Å². The number of ether oxygens (including phenoxy) is 2. The number of morpholine rings is 1. The van der Waals surface area contributed by atoms with E-state index in [9.17, 15) is 14.7 Å². The van der Waals surface area contributed by atoms with E-state index in [0.29, 0.717) is 50.5 Å². The van der Waals surface area contributed by atoms with Gasteiger partial charge in [0.15, 0.2) is 0 Å². The lowest BCUT2D eigenvalue weighted by molar-refractivity contribution is -0.158. The molecule has 32 heavy (non-hydrogen) atoms. The van der Waals surface area contributed by atoms with Gasteiger partial charge < -0.3 is 25.2 Å². The summed E-state index contributed by atoms with van der Waals surface area (Å²) in [7, 11) is 0. The fraction of sp³-hybridized carbons (Fsp3) is 0.920. The fourth-order valence-corrected chi connectivity index (χ4v) is 8.75. The smallest absolute Gasteiger partial charge is 0.410 e. The van der Waals surface area contributed by atoms with Crippen molar-refractivity contribution in [3.05, 3.63) is 0 Å². The topological polar surface area (TPSA) is 102 Å². The standard InChI is InChI=1S/C25H40N2O5/c1-23-8-5-17(32-22(30)27-11-13-31-14-12-27)15-16(23)3-4-19-18(23)6-9-24(2)20(21(28)29)7-10-25(19,24)26/h16-20H,3-15,26H2,1-2H3,(H,28,29)/t16?,17?,18-,19-,20?,23+,24-,25-/m1/s1. The Labute approximate surface area is 191 Å². The summed E-state index contributed by atoms with van der Waals surface area (Å²) in [5, 5.41) is 9.85. The molecule has 7 nitrogen and oxygen atoms in total. The molecule has 0 radical (unpaired) electrons. The molecule has 0 aromatic heterocycles. The Morgan fingerprint density at radius 3 is 2.47 bits per heavy atom. The molecule has 5 aliphatic rings. The van der Waals surface area contributed by atoms with Crippen LogP contribution in [0.4, 0.5) is 4.79 Å². The van der Waals surface area contributed by atoms with Crippen LogP contribution in [0.15, 0.2) is 0 Å². The van der Waals surface area contributed by atoms with E-state index in [1.807, 2.05) is 0 Å². The zero-order chi connectivity index (χ0) is 22.7. The number of aliphatic carboxylic acids is 1. The highest BCUT2D eigenvalue weighted by atomic mass is 16.6. The molecule has 0 aromatic carbocycles. The molecule has 0 bridgehead atoms. The van der Waals surface area contributed by atoms with Gasteiger partial charge in [-0.25, -0.2) is 4.79 Å². The van der Waals surface area contributed by atoms with Crippen molar-refractivity contribution in [3.63, 3.8) is 0 Å². The normalized spacial score (nSPS) is 48.3. The molecule has 1 saturated heterocycles. The highest BCUT2D eigenvalue weighted by Crippen LogP contribution is 2.68. The monoisotopic (exact) mass is 448 g/mol. The van der Waals surface area contributed by atoms with Crippen LogP contribution in [0.2, 0.25) is 0 Å². The summed E-state index contributed by atoms with van der Waals surface area (Å²) in [5.74, 6) is 0.516. The van der Waals surface area contributed by atoms with Gasteiger partial charge in [0.05, 0.1) is 19.1 Å². The average Bonchev–Trinajstić information content (AvgIpc) is 3.06. The summed E-state index contributed by atoms with van der Waals surface area (Å²) < 4.78 is 11.3. The molecule has 1 amide bonds. The minimum Gasteiger partial charge on any atom is -0.481 e. The molecule has 180 valence electrons. The summed E-state index contributed by atoms with van der Waals surface area (Å²) in [5.41, 5.74) is 6.73. The van der Waals surface area contributed by atoms with E-state index in [2.05, 4.69) is 13.8 Å². The van der Waals surface area contributed by atoms with E-state index < -0.39 is 5.97 Å². The molecule has 0 spiro atoms. The molecule has 1 aliphatic heterocycles. The first-order valence-corrected chi connectivity index (χ1v) is 12.7. The van der Waals surface area contributed by atoms with E-state index in [0.717, 1.165) is 51.4 Å². The van der Waals surface area contributed by atoms with Crippen LogP contribution in [0.3, 0.4) is 0 Å². The third-order valence-electron chi connectivity index (χ3n) is 10.8. The highest BCUT2D eigenvalue weighted by molar-refractivity contribution is 5.72. The second-order valence-corrected chi connectivity index (χ2v) is 11.8. The first kappa shape index (κ1) is 22.5. The van der Waals surface area contributed by atoms with Gasteiger partial charge in [-0.3, -0.25) is 4.79 Å². The Morgan fingerprint density at radius 2 is 1.75 bits per heavy atom. The van der Waals surface area contributed by atoms with Crippen molar-refractivity contribution in [2.75, 3.05) is 26.3 Å². The van der Waals surface area contributed by atoms with Crippen LogP contribution in [0.25, 0.3) is 0 Å². The van der Waals surface area contributed by atoms with Crippen LogP contribution in [-0.2, 0) is 14.3 Å². The molecule has 7 heteroatoms.